The van der Waals surface area contributed by atoms with Gasteiger partial charge in [-0.05, 0) is 56.9 Å². The van der Waals surface area contributed by atoms with Gasteiger partial charge in [-0.25, -0.2) is 0 Å². The number of aliphatic hydroxyl groups excluding tert-OH is 1. The van der Waals surface area contributed by atoms with Gasteiger partial charge in [-0.1, -0.05) is 24.3 Å². The lowest BCUT2D eigenvalue weighted by molar-refractivity contribution is -0.129. The minimum Gasteiger partial charge on any atom is -0.504 e. The van der Waals surface area contributed by atoms with Crippen LogP contribution in [0.15, 0.2) is 64.3 Å². The first-order chi connectivity index (χ1) is 15.8. The second-order valence-electron chi connectivity index (χ2n) is 8.23. The third-order valence-electron chi connectivity index (χ3n) is 5.72. The predicted octanol–water partition coefficient (Wildman–Crippen LogP) is 3.68. The summed E-state index contributed by atoms with van der Waals surface area (Å²) >= 11 is 0. The Labute approximate surface area is 191 Å². The zero-order valence-electron chi connectivity index (χ0n) is 18.7. The van der Waals surface area contributed by atoms with Gasteiger partial charge < -0.3 is 29.2 Å². The van der Waals surface area contributed by atoms with Gasteiger partial charge in [0.05, 0.1) is 18.7 Å². The number of amides is 1. The summed E-state index contributed by atoms with van der Waals surface area (Å²) in [5, 5.41) is 21.9. The molecule has 0 radical (unpaired) electrons. The van der Waals surface area contributed by atoms with E-state index in [1.165, 1.54) is 18.1 Å². The number of para-hydroxylation sites is 1. The van der Waals surface area contributed by atoms with Crippen molar-refractivity contribution in [3.8, 4) is 11.5 Å². The van der Waals surface area contributed by atoms with Gasteiger partial charge in [0, 0.05) is 11.9 Å². The Bertz CT molecular complexity index is 1210. The van der Waals surface area contributed by atoms with E-state index in [9.17, 15) is 19.8 Å². The van der Waals surface area contributed by atoms with Crippen molar-refractivity contribution in [2.45, 2.75) is 12.5 Å². The van der Waals surface area contributed by atoms with Crippen molar-refractivity contribution in [1.82, 2.24) is 9.80 Å². The number of carbonyl (C=O) groups excluding carboxylic acids is 2. The monoisotopic (exact) mass is 450 g/mol. The molecule has 1 aliphatic rings. The van der Waals surface area contributed by atoms with E-state index in [1.54, 1.807) is 30.3 Å². The summed E-state index contributed by atoms with van der Waals surface area (Å²) in [7, 11) is 5.29. The Kier molecular flexibility index (Phi) is 6.11. The Hall–Kier alpha value is -3.78. The molecule has 4 rings (SSSR count). The highest BCUT2D eigenvalue weighted by Crippen LogP contribution is 2.41. The first kappa shape index (κ1) is 22.4. The molecule has 2 aromatic carbocycles. The molecule has 8 heteroatoms. The van der Waals surface area contributed by atoms with E-state index in [2.05, 4.69) is 0 Å². The number of nitrogens with zero attached hydrogens (tertiary/aromatic N) is 2. The third-order valence-corrected chi connectivity index (χ3v) is 5.72. The molecule has 0 aliphatic carbocycles. The number of phenolic OH excluding ortho intramolecular Hbond substituents is 1. The number of ketones is 1. The number of aromatic hydroxyl groups is 1. The zero-order chi connectivity index (χ0) is 23.7. The maximum absolute atomic E-state index is 13.5. The number of rotatable bonds is 8. The standard InChI is InChI=1S/C25H26N2O6/c1-26(2)11-6-12-27-22(16-9-10-19(32-3)17(28)13-16)21(24(30)25(27)31)23(29)20-14-15-7-4-5-8-18(15)33-20/h4-5,7-10,13-14,22,28,30H,6,11-12H2,1-3H3. The summed E-state index contributed by atoms with van der Waals surface area (Å²) < 4.78 is 10.8. The van der Waals surface area contributed by atoms with E-state index < -0.39 is 23.5 Å². The maximum Gasteiger partial charge on any atom is 0.290 e. The lowest BCUT2D eigenvalue weighted by Crippen LogP contribution is -2.33. The van der Waals surface area contributed by atoms with Crippen LogP contribution in [0.5, 0.6) is 11.5 Å². The maximum atomic E-state index is 13.5. The van der Waals surface area contributed by atoms with Crippen LogP contribution in [-0.2, 0) is 4.79 Å². The largest absolute Gasteiger partial charge is 0.504 e. The second kappa shape index (κ2) is 8.99. The Morgan fingerprint density at radius 1 is 1.15 bits per heavy atom. The average molecular weight is 450 g/mol. The molecule has 1 amide bonds. The summed E-state index contributed by atoms with van der Waals surface area (Å²) in [5.74, 6) is -1.65. The summed E-state index contributed by atoms with van der Waals surface area (Å²) in [6.45, 7) is 1.04. The fourth-order valence-electron chi connectivity index (χ4n) is 4.12. The molecule has 33 heavy (non-hydrogen) atoms. The number of fused-ring (bicyclic) bond motifs is 1. The highest BCUT2D eigenvalue weighted by atomic mass is 16.5. The van der Waals surface area contributed by atoms with E-state index >= 15 is 0 Å². The number of Topliss-reactive ketones (excluding diaryl/α,β-unsaturated/α-hetero) is 1. The molecule has 1 aliphatic heterocycles. The van der Waals surface area contributed by atoms with Gasteiger partial charge in [-0.3, -0.25) is 9.59 Å². The molecule has 0 saturated heterocycles. The number of ether oxygens (including phenoxy) is 1. The van der Waals surface area contributed by atoms with Crippen LogP contribution in [0.3, 0.4) is 0 Å². The van der Waals surface area contributed by atoms with Crippen LogP contribution in [0.25, 0.3) is 11.0 Å². The summed E-state index contributed by atoms with van der Waals surface area (Å²) in [6, 6.07) is 12.6. The number of carbonyl (C=O) groups is 2. The molecule has 0 bridgehead atoms. The molecule has 3 aromatic rings. The first-order valence-corrected chi connectivity index (χ1v) is 10.6. The van der Waals surface area contributed by atoms with Gasteiger partial charge in [0.1, 0.15) is 5.58 Å². The van der Waals surface area contributed by atoms with Crippen molar-refractivity contribution in [3.05, 3.63) is 71.2 Å². The van der Waals surface area contributed by atoms with Crippen molar-refractivity contribution in [2.75, 3.05) is 34.3 Å². The quantitative estimate of drug-likeness (QED) is 0.505. The molecule has 1 unspecified atom stereocenters. The van der Waals surface area contributed by atoms with E-state index in [1.807, 2.05) is 31.1 Å². The number of hydrogen-bond acceptors (Lipinski definition) is 7. The molecule has 1 aromatic heterocycles. The fraction of sp³-hybridized carbons (Fsp3) is 0.280. The molecule has 0 fully saturated rings. The van der Waals surface area contributed by atoms with Gasteiger partial charge in [-0.2, -0.15) is 0 Å². The lowest BCUT2D eigenvalue weighted by Gasteiger charge is -2.27. The number of methoxy groups -OCH3 is 1. The average Bonchev–Trinajstić information content (AvgIpc) is 3.33. The van der Waals surface area contributed by atoms with Crippen molar-refractivity contribution in [1.29, 1.82) is 0 Å². The van der Waals surface area contributed by atoms with Crippen molar-refractivity contribution in [2.24, 2.45) is 0 Å². The highest BCUT2D eigenvalue weighted by Gasteiger charge is 2.44. The Morgan fingerprint density at radius 2 is 1.91 bits per heavy atom. The fourth-order valence-corrected chi connectivity index (χ4v) is 4.12. The molecule has 8 nitrogen and oxygen atoms in total. The molecular formula is C25H26N2O6. The van der Waals surface area contributed by atoms with Crippen molar-refractivity contribution >= 4 is 22.7 Å². The molecule has 2 N–H and O–H groups in total. The number of hydrogen-bond donors (Lipinski definition) is 2. The number of benzene rings is 2. The zero-order valence-corrected chi connectivity index (χ0v) is 18.7. The lowest BCUT2D eigenvalue weighted by atomic mass is 9.94. The summed E-state index contributed by atoms with van der Waals surface area (Å²) in [4.78, 5) is 30.0. The van der Waals surface area contributed by atoms with Crippen LogP contribution in [0.2, 0.25) is 0 Å². The normalized spacial score (nSPS) is 16.3. The van der Waals surface area contributed by atoms with Gasteiger partial charge in [-0.15, -0.1) is 0 Å². The molecular weight excluding hydrogens is 424 g/mol. The van der Waals surface area contributed by atoms with Crippen molar-refractivity contribution < 1.29 is 29.0 Å². The molecule has 172 valence electrons. The van der Waals surface area contributed by atoms with Crippen LogP contribution >= 0.6 is 0 Å². The predicted molar refractivity (Wildman–Crippen MR) is 122 cm³/mol. The number of furan rings is 1. The van der Waals surface area contributed by atoms with Crippen LogP contribution in [-0.4, -0.2) is 66.0 Å². The smallest absolute Gasteiger partial charge is 0.290 e. The van der Waals surface area contributed by atoms with Gasteiger partial charge in [0.15, 0.2) is 23.0 Å². The van der Waals surface area contributed by atoms with E-state index in [0.29, 0.717) is 24.1 Å². The van der Waals surface area contributed by atoms with Crippen LogP contribution in [0.1, 0.15) is 28.6 Å². The highest BCUT2D eigenvalue weighted by molar-refractivity contribution is 6.16. The van der Waals surface area contributed by atoms with E-state index in [4.69, 9.17) is 9.15 Å². The van der Waals surface area contributed by atoms with Crippen LogP contribution in [0.4, 0.5) is 0 Å². The van der Waals surface area contributed by atoms with E-state index in [-0.39, 0.29) is 22.8 Å². The molecule has 2 heterocycles. The Morgan fingerprint density at radius 3 is 2.58 bits per heavy atom. The van der Waals surface area contributed by atoms with Gasteiger partial charge in [0.25, 0.3) is 5.91 Å². The Balaban J connectivity index is 1.77. The van der Waals surface area contributed by atoms with E-state index in [0.717, 1.165) is 11.9 Å². The van der Waals surface area contributed by atoms with Gasteiger partial charge in [0.2, 0.25) is 5.78 Å². The minimum atomic E-state index is -0.878. The number of aliphatic hydroxyl groups is 1. The SMILES string of the molecule is COc1ccc(C2C(C(=O)c3cc4ccccc4o3)=C(O)C(=O)N2CCCN(C)C)cc1O. The first-order valence-electron chi connectivity index (χ1n) is 10.6. The van der Waals surface area contributed by atoms with Gasteiger partial charge >= 0.3 is 0 Å². The third kappa shape index (κ3) is 4.17. The molecule has 0 spiro atoms. The number of phenols is 1. The van der Waals surface area contributed by atoms with Crippen molar-refractivity contribution in [3.63, 3.8) is 0 Å². The second-order valence-corrected chi connectivity index (χ2v) is 8.23. The summed E-state index contributed by atoms with van der Waals surface area (Å²) in [6.07, 6.45) is 0.636. The van der Waals surface area contributed by atoms with Crippen LogP contribution < -0.4 is 4.74 Å². The topological polar surface area (TPSA) is 103 Å². The molecule has 1 atom stereocenters. The summed E-state index contributed by atoms with van der Waals surface area (Å²) in [5.41, 5.74) is 0.940. The van der Waals surface area contributed by atoms with Crippen LogP contribution in [0, 0.1) is 0 Å². The minimum absolute atomic E-state index is 0.0309. The molecule has 0 saturated carbocycles.